The van der Waals surface area contributed by atoms with E-state index in [-0.39, 0.29) is 12.1 Å². The fraction of sp³-hybridized carbons (Fsp3) is 0.333. The summed E-state index contributed by atoms with van der Waals surface area (Å²) in [5.74, 6) is 2.21. The van der Waals surface area contributed by atoms with Crippen LogP contribution >= 0.6 is 0 Å². The lowest BCUT2D eigenvalue weighted by molar-refractivity contribution is 0.410. The predicted octanol–water partition coefficient (Wildman–Crippen LogP) is 4.56. The molecule has 0 saturated carbocycles. The maximum Gasteiger partial charge on any atom is 0.222 e. The number of hydrogen-bond acceptors (Lipinski definition) is 4. The summed E-state index contributed by atoms with van der Waals surface area (Å²) in [5.41, 5.74) is 3.81. The summed E-state index contributed by atoms with van der Waals surface area (Å²) < 4.78 is 7.37. The molecule has 1 aromatic heterocycles. The highest BCUT2D eigenvalue weighted by Crippen LogP contribution is 2.38. The summed E-state index contributed by atoms with van der Waals surface area (Å²) in [6, 6.07) is 17.4. The summed E-state index contributed by atoms with van der Waals surface area (Å²) in [7, 11) is 1.70. The van der Waals surface area contributed by atoms with Crippen molar-refractivity contribution in [2.45, 2.75) is 38.3 Å². The minimum absolute atomic E-state index is 0.158. The summed E-state index contributed by atoms with van der Waals surface area (Å²) in [4.78, 5) is 4.41. The number of anilines is 1. The highest BCUT2D eigenvalue weighted by molar-refractivity contribution is 5.40. The minimum atomic E-state index is 0.158. The molecule has 0 unspecified atom stereocenters. The van der Waals surface area contributed by atoms with Crippen LogP contribution in [-0.4, -0.2) is 21.9 Å². The monoisotopic (exact) mass is 348 g/mol. The second-order valence-electron chi connectivity index (χ2n) is 7.07. The van der Waals surface area contributed by atoms with Crippen LogP contribution in [0.1, 0.15) is 55.0 Å². The van der Waals surface area contributed by atoms with Gasteiger partial charge in [0.15, 0.2) is 0 Å². The van der Waals surface area contributed by atoms with Crippen LogP contribution in [0.3, 0.4) is 0 Å². The number of hydrogen-bond donors (Lipinski definition) is 1. The van der Waals surface area contributed by atoms with E-state index in [0.717, 1.165) is 18.1 Å². The molecule has 1 aliphatic heterocycles. The molecule has 0 spiro atoms. The average Bonchev–Trinajstić information content (AvgIpc) is 3.16. The standard InChI is InChI=1S/C21H24N4O/c1-14(2)15-7-9-16(10-8-15)20-12-19(24-21-22-13-23-25(20)21)17-5-4-6-18(11-17)26-3/h4-11,13-14,19-20H,12H2,1-3H3,(H,22,23,24)/t19-,20+/m0/s1. The van der Waals surface area contributed by atoms with Gasteiger partial charge in [-0.25, -0.2) is 4.68 Å². The van der Waals surface area contributed by atoms with Gasteiger partial charge in [0.1, 0.15) is 12.1 Å². The lowest BCUT2D eigenvalue weighted by Gasteiger charge is -2.32. The van der Waals surface area contributed by atoms with Gasteiger partial charge in [-0.1, -0.05) is 50.2 Å². The summed E-state index contributed by atoms with van der Waals surface area (Å²) >= 11 is 0. The first-order valence-corrected chi connectivity index (χ1v) is 9.05. The highest BCUT2D eigenvalue weighted by atomic mass is 16.5. The van der Waals surface area contributed by atoms with Crippen molar-refractivity contribution in [1.29, 1.82) is 0 Å². The number of aromatic nitrogens is 3. The molecular formula is C21H24N4O. The number of methoxy groups -OCH3 is 1. The Hall–Kier alpha value is -2.82. The third-order valence-corrected chi connectivity index (χ3v) is 5.11. The molecule has 1 aliphatic rings. The lowest BCUT2D eigenvalue weighted by Crippen LogP contribution is -2.28. The number of nitrogens with zero attached hydrogens (tertiary/aromatic N) is 3. The van der Waals surface area contributed by atoms with Crippen molar-refractivity contribution in [3.8, 4) is 5.75 Å². The SMILES string of the molecule is COc1cccc([C@@H]2C[C@H](c3ccc(C(C)C)cc3)n3ncnc3N2)c1. The van der Waals surface area contributed by atoms with Crippen LogP contribution in [0.2, 0.25) is 0 Å². The molecule has 5 nitrogen and oxygen atoms in total. The Kier molecular flexibility index (Phi) is 4.37. The molecule has 2 heterocycles. The first-order chi connectivity index (χ1) is 12.7. The van der Waals surface area contributed by atoms with Crippen LogP contribution in [0.4, 0.5) is 5.95 Å². The quantitative estimate of drug-likeness (QED) is 0.751. The Labute approximate surface area is 154 Å². The Morgan fingerprint density at radius 3 is 2.65 bits per heavy atom. The zero-order valence-electron chi connectivity index (χ0n) is 15.4. The van der Waals surface area contributed by atoms with E-state index in [4.69, 9.17) is 4.74 Å². The fourth-order valence-electron chi connectivity index (χ4n) is 3.58. The Morgan fingerprint density at radius 1 is 1.12 bits per heavy atom. The van der Waals surface area contributed by atoms with Crippen LogP contribution in [-0.2, 0) is 0 Å². The zero-order valence-corrected chi connectivity index (χ0v) is 15.4. The van der Waals surface area contributed by atoms with Gasteiger partial charge in [0.05, 0.1) is 19.2 Å². The first kappa shape index (κ1) is 16.6. The Morgan fingerprint density at radius 2 is 1.92 bits per heavy atom. The van der Waals surface area contributed by atoms with Crippen molar-refractivity contribution in [1.82, 2.24) is 14.8 Å². The van der Waals surface area contributed by atoms with E-state index < -0.39 is 0 Å². The Balaban J connectivity index is 1.68. The van der Waals surface area contributed by atoms with Crippen molar-refractivity contribution in [2.24, 2.45) is 0 Å². The van der Waals surface area contributed by atoms with Crippen LogP contribution in [0.15, 0.2) is 54.9 Å². The van der Waals surface area contributed by atoms with Crippen molar-refractivity contribution in [2.75, 3.05) is 12.4 Å². The van der Waals surface area contributed by atoms with Crippen LogP contribution < -0.4 is 10.1 Å². The van der Waals surface area contributed by atoms with Gasteiger partial charge in [-0.2, -0.15) is 10.1 Å². The summed E-state index contributed by atoms with van der Waals surface area (Å²) in [5, 5.41) is 7.96. The van der Waals surface area contributed by atoms with Crippen molar-refractivity contribution < 1.29 is 4.74 Å². The highest BCUT2D eigenvalue weighted by Gasteiger charge is 2.30. The predicted molar refractivity (Wildman–Crippen MR) is 103 cm³/mol. The number of nitrogens with one attached hydrogen (secondary N) is 1. The number of fused-ring (bicyclic) bond motifs is 1. The van der Waals surface area contributed by atoms with Gasteiger partial charge < -0.3 is 10.1 Å². The van der Waals surface area contributed by atoms with Crippen LogP contribution in [0, 0.1) is 0 Å². The molecule has 0 bridgehead atoms. The molecule has 0 aliphatic carbocycles. The molecule has 2 atom stereocenters. The number of ether oxygens (including phenoxy) is 1. The molecule has 0 saturated heterocycles. The van der Waals surface area contributed by atoms with Gasteiger partial charge >= 0.3 is 0 Å². The molecule has 0 amide bonds. The number of benzene rings is 2. The third-order valence-electron chi connectivity index (χ3n) is 5.11. The van der Waals surface area contributed by atoms with Crippen molar-refractivity contribution >= 4 is 5.95 Å². The molecule has 0 fully saturated rings. The molecule has 26 heavy (non-hydrogen) atoms. The van der Waals surface area contributed by atoms with E-state index in [1.54, 1.807) is 13.4 Å². The maximum absolute atomic E-state index is 5.39. The first-order valence-electron chi connectivity index (χ1n) is 9.05. The zero-order chi connectivity index (χ0) is 18.1. The molecule has 4 rings (SSSR count). The van der Waals surface area contributed by atoms with Gasteiger partial charge in [0.25, 0.3) is 0 Å². The second kappa shape index (κ2) is 6.83. The number of rotatable bonds is 4. The van der Waals surface area contributed by atoms with E-state index in [1.165, 1.54) is 16.7 Å². The van der Waals surface area contributed by atoms with Crippen LogP contribution in [0.25, 0.3) is 0 Å². The summed E-state index contributed by atoms with van der Waals surface area (Å²) in [6.45, 7) is 4.43. The molecule has 3 aromatic rings. The largest absolute Gasteiger partial charge is 0.497 e. The molecule has 2 aromatic carbocycles. The maximum atomic E-state index is 5.39. The van der Waals surface area contributed by atoms with E-state index in [9.17, 15) is 0 Å². The van der Waals surface area contributed by atoms with Crippen molar-refractivity contribution in [3.63, 3.8) is 0 Å². The van der Waals surface area contributed by atoms with Gasteiger partial charge in [-0.15, -0.1) is 0 Å². The Bertz CT molecular complexity index is 885. The third kappa shape index (κ3) is 3.05. The minimum Gasteiger partial charge on any atom is -0.497 e. The lowest BCUT2D eigenvalue weighted by atomic mass is 9.92. The van der Waals surface area contributed by atoms with Gasteiger partial charge in [0, 0.05) is 0 Å². The topological polar surface area (TPSA) is 52.0 Å². The van der Waals surface area contributed by atoms with Gasteiger partial charge in [-0.05, 0) is 41.2 Å². The molecule has 1 N–H and O–H groups in total. The van der Waals surface area contributed by atoms with E-state index >= 15 is 0 Å². The van der Waals surface area contributed by atoms with Gasteiger partial charge in [-0.3, -0.25) is 0 Å². The van der Waals surface area contributed by atoms with Gasteiger partial charge in [0.2, 0.25) is 5.95 Å². The van der Waals surface area contributed by atoms with E-state index in [2.05, 4.69) is 65.6 Å². The summed E-state index contributed by atoms with van der Waals surface area (Å²) in [6.07, 6.45) is 2.52. The van der Waals surface area contributed by atoms with Crippen molar-refractivity contribution in [3.05, 3.63) is 71.5 Å². The normalized spacial score (nSPS) is 19.1. The van der Waals surface area contributed by atoms with E-state index in [0.29, 0.717) is 5.92 Å². The molecule has 134 valence electrons. The molecule has 0 radical (unpaired) electrons. The van der Waals surface area contributed by atoms with Crippen LogP contribution in [0.5, 0.6) is 5.75 Å². The molecular weight excluding hydrogens is 324 g/mol. The average molecular weight is 348 g/mol. The second-order valence-corrected chi connectivity index (χ2v) is 7.07. The smallest absolute Gasteiger partial charge is 0.222 e. The fourth-order valence-corrected chi connectivity index (χ4v) is 3.58. The van der Waals surface area contributed by atoms with E-state index in [1.807, 2.05) is 16.8 Å². The molecule has 5 heteroatoms.